The van der Waals surface area contributed by atoms with Crippen LogP contribution in [0, 0.1) is 6.92 Å². The van der Waals surface area contributed by atoms with Crippen LogP contribution in [0.15, 0.2) is 67.4 Å². The van der Waals surface area contributed by atoms with E-state index in [0.29, 0.717) is 35.6 Å². The summed E-state index contributed by atoms with van der Waals surface area (Å²) in [5, 5.41) is 5.86. The van der Waals surface area contributed by atoms with Crippen LogP contribution in [-0.2, 0) is 12.7 Å². The first kappa shape index (κ1) is 31.8. The molecule has 0 spiro atoms. The summed E-state index contributed by atoms with van der Waals surface area (Å²) in [7, 11) is 3.95. The Morgan fingerprint density at radius 2 is 1.86 bits per heavy atom. The van der Waals surface area contributed by atoms with Crippen molar-refractivity contribution in [1.29, 1.82) is 0 Å². The lowest BCUT2D eigenvalue weighted by molar-refractivity contribution is -0.138. The van der Waals surface area contributed by atoms with Gasteiger partial charge in [-0.3, -0.25) is 9.69 Å². The van der Waals surface area contributed by atoms with Crippen molar-refractivity contribution >= 4 is 35.6 Å². The molecular weight excluding hydrogens is 581 g/mol. The molecule has 1 aliphatic rings. The maximum absolute atomic E-state index is 14.1. The molecule has 1 fully saturated rings. The molecular formula is C30H32ClF3N8O. The van der Waals surface area contributed by atoms with Gasteiger partial charge in [0.05, 0.1) is 11.3 Å². The summed E-state index contributed by atoms with van der Waals surface area (Å²) in [5.74, 6) is -0.318. The summed E-state index contributed by atoms with van der Waals surface area (Å²) in [5.41, 5.74) is 2.53. The molecule has 3 heterocycles. The third-order valence-corrected chi connectivity index (χ3v) is 7.30. The van der Waals surface area contributed by atoms with E-state index in [1.54, 1.807) is 42.9 Å². The standard InChI is InChI=1S/C30H31F3N8O.ClH/c1-19-4-7-23(13-27(19)39-29-36-10-8-26(38-29)22-14-34-18-35-15-22)37-28(42)20-5-6-21(25(12-20)30(31,32)33)16-41-11-9-24(17-41)40(2)3;/h4-8,10,12-15,18,24H,9,11,16-17H2,1-3H3,(H,37,42)(H,36,38,39);1H/t24-;/m1./s1. The van der Waals surface area contributed by atoms with Gasteiger partial charge in [0, 0.05) is 66.8 Å². The average molecular weight is 613 g/mol. The van der Waals surface area contributed by atoms with Crippen LogP contribution in [0.1, 0.15) is 33.5 Å². The number of rotatable bonds is 8. The van der Waals surface area contributed by atoms with Crippen molar-refractivity contribution in [1.82, 2.24) is 29.7 Å². The largest absolute Gasteiger partial charge is 0.416 e. The molecule has 2 aromatic carbocycles. The second-order valence-electron chi connectivity index (χ2n) is 10.5. The first-order valence-corrected chi connectivity index (χ1v) is 13.4. The minimum Gasteiger partial charge on any atom is -0.324 e. The van der Waals surface area contributed by atoms with Gasteiger partial charge < -0.3 is 15.5 Å². The Labute approximate surface area is 254 Å². The number of alkyl halides is 3. The summed E-state index contributed by atoms with van der Waals surface area (Å²) in [6, 6.07) is 11.0. The number of carbonyl (C=O) groups is 1. The van der Waals surface area contributed by atoms with Gasteiger partial charge in [0.25, 0.3) is 5.91 Å². The van der Waals surface area contributed by atoms with Gasteiger partial charge in [-0.15, -0.1) is 12.4 Å². The minimum atomic E-state index is -4.59. The fourth-order valence-electron chi connectivity index (χ4n) is 4.91. The normalized spacial score (nSPS) is 15.3. The number of amides is 1. The topological polar surface area (TPSA) is 99.2 Å². The molecule has 5 rings (SSSR count). The van der Waals surface area contributed by atoms with Gasteiger partial charge in [-0.2, -0.15) is 13.2 Å². The summed E-state index contributed by atoms with van der Waals surface area (Å²) in [6.45, 7) is 3.47. The average Bonchev–Trinajstić information content (AvgIpc) is 3.44. The number of hydrogen-bond donors (Lipinski definition) is 2. The zero-order chi connectivity index (χ0) is 29.9. The van der Waals surface area contributed by atoms with Crippen LogP contribution in [0.25, 0.3) is 11.3 Å². The molecule has 0 bridgehead atoms. The lowest BCUT2D eigenvalue weighted by Gasteiger charge is -2.22. The van der Waals surface area contributed by atoms with E-state index in [1.807, 2.05) is 25.9 Å². The monoisotopic (exact) mass is 612 g/mol. The molecule has 0 unspecified atom stereocenters. The van der Waals surface area contributed by atoms with Crippen molar-refractivity contribution in [3.8, 4) is 11.3 Å². The van der Waals surface area contributed by atoms with Crippen LogP contribution in [0.3, 0.4) is 0 Å². The van der Waals surface area contributed by atoms with Crippen LogP contribution in [0.5, 0.6) is 0 Å². The number of carbonyl (C=O) groups excluding carboxylic acids is 1. The second kappa shape index (κ2) is 13.4. The third-order valence-electron chi connectivity index (χ3n) is 7.30. The van der Waals surface area contributed by atoms with Crippen LogP contribution in [0.4, 0.5) is 30.5 Å². The third kappa shape index (κ3) is 7.83. The van der Waals surface area contributed by atoms with E-state index in [4.69, 9.17) is 0 Å². The highest BCUT2D eigenvalue weighted by Gasteiger charge is 2.35. The smallest absolute Gasteiger partial charge is 0.324 e. The van der Waals surface area contributed by atoms with Crippen molar-refractivity contribution < 1.29 is 18.0 Å². The van der Waals surface area contributed by atoms with Crippen LogP contribution >= 0.6 is 12.4 Å². The van der Waals surface area contributed by atoms with Gasteiger partial charge in [-0.25, -0.2) is 19.9 Å². The summed E-state index contributed by atoms with van der Waals surface area (Å²) in [4.78, 5) is 34.0. The van der Waals surface area contributed by atoms with Gasteiger partial charge in [0.2, 0.25) is 5.95 Å². The lowest BCUT2D eigenvalue weighted by atomic mass is 10.0. The van der Waals surface area contributed by atoms with E-state index in [2.05, 4.69) is 35.5 Å². The first-order valence-electron chi connectivity index (χ1n) is 13.4. The number of nitrogens with one attached hydrogen (secondary N) is 2. The number of likely N-dealkylation sites (N-methyl/N-ethyl adjacent to an activating group) is 1. The van der Waals surface area contributed by atoms with Crippen molar-refractivity contribution in [3.05, 3.63) is 89.6 Å². The molecule has 0 saturated carbocycles. The number of anilines is 3. The zero-order valence-corrected chi connectivity index (χ0v) is 24.7. The molecule has 13 heteroatoms. The predicted octanol–water partition coefficient (Wildman–Crippen LogP) is 5.81. The number of benzene rings is 2. The van der Waals surface area contributed by atoms with E-state index in [-0.39, 0.29) is 30.1 Å². The molecule has 1 aliphatic heterocycles. The second-order valence-corrected chi connectivity index (χ2v) is 10.5. The Kier molecular flexibility index (Phi) is 9.95. The Bertz CT molecular complexity index is 1570. The minimum absolute atomic E-state index is 0. The highest BCUT2D eigenvalue weighted by Crippen LogP contribution is 2.34. The van der Waals surface area contributed by atoms with E-state index in [0.717, 1.165) is 30.2 Å². The zero-order valence-electron chi connectivity index (χ0n) is 23.9. The number of aryl methyl sites for hydroxylation is 1. The van der Waals surface area contributed by atoms with Gasteiger partial charge in [-0.05, 0) is 68.9 Å². The summed E-state index contributed by atoms with van der Waals surface area (Å²) >= 11 is 0. The Morgan fingerprint density at radius 3 is 2.56 bits per heavy atom. The van der Waals surface area contributed by atoms with Gasteiger partial charge in [0.15, 0.2) is 0 Å². The van der Waals surface area contributed by atoms with Crippen LogP contribution in [0.2, 0.25) is 0 Å². The van der Waals surface area contributed by atoms with E-state index in [9.17, 15) is 18.0 Å². The van der Waals surface area contributed by atoms with Crippen LogP contribution in [-0.4, -0.2) is 68.9 Å². The van der Waals surface area contributed by atoms with Crippen molar-refractivity contribution in [3.63, 3.8) is 0 Å². The van der Waals surface area contributed by atoms with Gasteiger partial charge in [0.1, 0.15) is 6.33 Å². The van der Waals surface area contributed by atoms with Crippen molar-refractivity contribution in [2.45, 2.75) is 32.1 Å². The molecule has 1 saturated heterocycles. The molecule has 0 radical (unpaired) electrons. The van der Waals surface area contributed by atoms with Gasteiger partial charge >= 0.3 is 6.18 Å². The highest BCUT2D eigenvalue weighted by molar-refractivity contribution is 6.04. The highest BCUT2D eigenvalue weighted by atomic mass is 35.5. The van der Waals surface area contributed by atoms with Gasteiger partial charge in [-0.1, -0.05) is 12.1 Å². The molecule has 1 amide bonds. The first-order chi connectivity index (χ1) is 20.1. The maximum Gasteiger partial charge on any atom is 0.416 e. The fourth-order valence-corrected chi connectivity index (χ4v) is 4.91. The molecule has 0 aliphatic carbocycles. The summed E-state index contributed by atoms with van der Waals surface area (Å²) < 4.78 is 42.2. The molecule has 1 atom stereocenters. The quantitative estimate of drug-likeness (QED) is 0.257. The molecule has 2 aromatic heterocycles. The Morgan fingerprint density at radius 1 is 1.09 bits per heavy atom. The maximum atomic E-state index is 14.1. The predicted molar refractivity (Wildman–Crippen MR) is 162 cm³/mol. The molecule has 226 valence electrons. The molecule has 4 aromatic rings. The molecule has 2 N–H and O–H groups in total. The van der Waals surface area contributed by atoms with Crippen molar-refractivity contribution in [2.24, 2.45) is 0 Å². The molecule has 43 heavy (non-hydrogen) atoms. The number of nitrogens with zero attached hydrogens (tertiary/aromatic N) is 6. The fraction of sp³-hybridized carbons (Fsp3) is 0.300. The number of hydrogen-bond acceptors (Lipinski definition) is 8. The Hall–Kier alpha value is -4.13. The van der Waals surface area contributed by atoms with E-state index in [1.165, 1.54) is 18.5 Å². The van der Waals surface area contributed by atoms with E-state index >= 15 is 0 Å². The van der Waals surface area contributed by atoms with Crippen molar-refractivity contribution in [2.75, 3.05) is 37.8 Å². The lowest BCUT2D eigenvalue weighted by Crippen LogP contribution is -2.31. The number of likely N-dealkylation sites (tertiary alicyclic amines) is 1. The Balaban J connectivity index is 0.00000423. The number of aromatic nitrogens is 4. The SMILES string of the molecule is Cc1ccc(NC(=O)c2ccc(CN3CC[C@@H](N(C)C)C3)c(C(F)(F)F)c2)cc1Nc1nccc(-c2cncnc2)n1.Cl. The summed E-state index contributed by atoms with van der Waals surface area (Å²) in [6.07, 6.45) is 2.63. The molecule has 9 nitrogen and oxygen atoms in total. The van der Waals surface area contributed by atoms with Crippen LogP contribution < -0.4 is 10.6 Å². The number of halogens is 4. The van der Waals surface area contributed by atoms with E-state index < -0.39 is 17.6 Å².